The fraction of sp³-hybridized carbons (Fsp3) is 0.188. The van der Waals surface area contributed by atoms with Crippen molar-refractivity contribution in [2.75, 3.05) is 5.73 Å². The lowest BCUT2D eigenvalue weighted by Gasteiger charge is -2.04. The summed E-state index contributed by atoms with van der Waals surface area (Å²) in [4.78, 5) is 8.01. The maximum absolute atomic E-state index is 6.14. The Bertz CT molecular complexity index is 730. The number of fused-ring (bicyclic) bond motifs is 1. The largest absolute Gasteiger partial charge is 0.398 e. The number of aromatic amines is 1. The number of hydrogen-bond acceptors (Lipinski definition) is 2. The number of hydrogen-bond donors (Lipinski definition) is 2. The number of benzene rings is 2. The zero-order chi connectivity index (χ0) is 13.6. The Balaban J connectivity index is 2.23. The van der Waals surface area contributed by atoms with Gasteiger partial charge in [0.2, 0.25) is 0 Å². The van der Waals surface area contributed by atoms with Crippen LogP contribution in [0.4, 0.5) is 5.69 Å². The highest BCUT2D eigenvalue weighted by Crippen LogP contribution is 2.28. The minimum Gasteiger partial charge on any atom is -0.398 e. The van der Waals surface area contributed by atoms with Gasteiger partial charge in [-0.05, 0) is 55.7 Å². The van der Waals surface area contributed by atoms with E-state index in [2.05, 4.69) is 35.9 Å². The molecule has 1 heterocycles. The molecular weight excluding hydrogens is 234 g/mol. The number of anilines is 1. The molecule has 0 saturated heterocycles. The van der Waals surface area contributed by atoms with Gasteiger partial charge in [-0.2, -0.15) is 0 Å². The first-order valence-corrected chi connectivity index (χ1v) is 6.38. The minimum atomic E-state index is 0.787. The van der Waals surface area contributed by atoms with Gasteiger partial charge in [-0.15, -0.1) is 0 Å². The molecule has 0 bridgehead atoms. The summed E-state index contributed by atoms with van der Waals surface area (Å²) in [6.07, 6.45) is 0. The molecule has 0 saturated carbocycles. The number of para-hydroxylation sites is 1. The Kier molecular flexibility index (Phi) is 2.56. The molecule has 0 spiro atoms. The minimum absolute atomic E-state index is 0.787. The van der Waals surface area contributed by atoms with Crippen molar-refractivity contribution < 1.29 is 0 Å². The fourth-order valence-electron chi connectivity index (χ4n) is 2.28. The maximum Gasteiger partial charge on any atom is 0.140 e. The van der Waals surface area contributed by atoms with Gasteiger partial charge in [0.05, 0.1) is 11.0 Å². The van der Waals surface area contributed by atoms with E-state index in [1.54, 1.807) is 0 Å². The van der Waals surface area contributed by atoms with E-state index in [0.29, 0.717) is 0 Å². The van der Waals surface area contributed by atoms with Crippen LogP contribution in [0.25, 0.3) is 22.4 Å². The van der Waals surface area contributed by atoms with E-state index in [9.17, 15) is 0 Å². The lowest BCUT2D eigenvalue weighted by Crippen LogP contribution is -1.94. The van der Waals surface area contributed by atoms with Crippen LogP contribution >= 0.6 is 0 Å². The van der Waals surface area contributed by atoms with E-state index in [-0.39, 0.29) is 0 Å². The van der Waals surface area contributed by atoms with Crippen molar-refractivity contribution >= 4 is 16.7 Å². The molecule has 96 valence electrons. The Labute approximate surface area is 112 Å². The number of nitrogens with zero attached hydrogens (tertiary/aromatic N) is 1. The number of aromatic nitrogens is 2. The molecule has 3 N–H and O–H groups in total. The fourth-order valence-corrected chi connectivity index (χ4v) is 2.28. The van der Waals surface area contributed by atoms with E-state index in [4.69, 9.17) is 5.73 Å². The predicted molar refractivity (Wildman–Crippen MR) is 80.2 cm³/mol. The van der Waals surface area contributed by atoms with Crippen molar-refractivity contribution in [1.82, 2.24) is 9.97 Å². The quantitative estimate of drug-likeness (QED) is 0.647. The van der Waals surface area contributed by atoms with Crippen LogP contribution in [0.3, 0.4) is 0 Å². The second kappa shape index (κ2) is 4.12. The summed E-state index contributed by atoms with van der Waals surface area (Å²) in [7, 11) is 0. The molecule has 3 rings (SSSR count). The summed E-state index contributed by atoms with van der Waals surface area (Å²) >= 11 is 0. The normalized spacial score (nSPS) is 11.1. The summed E-state index contributed by atoms with van der Waals surface area (Å²) < 4.78 is 0. The number of nitrogens with two attached hydrogens (primary N) is 1. The van der Waals surface area contributed by atoms with Gasteiger partial charge >= 0.3 is 0 Å². The standard InChI is InChI=1S/C16H17N3/c1-9-5-4-6-12(15(9)17)16-18-13-7-10(2)11(3)8-14(13)19-16/h4-8H,17H2,1-3H3,(H,18,19). The molecular formula is C16H17N3. The summed E-state index contributed by atoms with van der Waals surface area (Å²) in [6.45, 7) is 6.22. The van der Waals surface area contributed by atoms with Gasteiger partial charge in [0.15, 0.2) is 0 Å². The Morgan fingerprint density at radius 2 is 1.74 bits per heavy atom. The average molecular weight is 251 g/mol. The maximum atomic E-state index is 6.14. The van der Waals surface area contributed by atoms with Gasteiger partial charge in [0, 0.05) is 11.3 Å². The Hall–Kier alpha value is -2.29. The summed E-state index contributed by atoms with van der Waals surface area (Å²) in [5.41, 5.74) is 13.5. The first kappa shape index (κ1) is 11.8. The van der Waals surface area contributed by atoms with E-state index in [0.717, 1.165) is 33.7 Å². The molecule has 3 aromatic rings. The lowest BCUT2D eigenvalue weighted by atomic mass is 10.1. The van der Waals surface area contributed by atoms with Crippen LogP contribution in [-0.4, -0.2) is 9.97 Å². The van der Waals surface area contributed by atoms with Crippen LogP contribution in [-0.2, 0) is 0 Å². The molecule has 0 amide bonds. The van der Waals surface area contributed by atoms with E-state index < -0.39 is 0 Å². The molecule has 1 aromatic heterocycles. The van der Waals surface area contributed by atoms with Gasteiger partial charge < -0.3 is 10.7 Å². The van der Waals surface area contributed by atoms with Gasteiger partial charge in [0.25, 0.3) is 0 Å². The van der Waals surface area contributed by atoms with E-state index in [1.807, 2.05) is 25.1 Å². The van der Waals surface area contributed by atoms with Crippen molar-refractivity contribution in [1.29, 1.82) is 0 Å². The SMILES string of the molecule is Cc1cc2nc(-c3cccc(C)c3N)[nH]c2cc1C. The number of H-pyrrole nitrogens is 1. The monoisotopic (exact) mass is 251 g/mol. The van der Waals surface area contributed by atoms with Crippen molar-refractivity contribution in [3.05, 3.63) is 47.0 Å². The molecule has 19 heavy (non-hydrogen) atoms. The first-order valence-electron chi connectivity index (χ1n) is 6.38. The number of aryl methyl sites for hydroxylation is 3. The molecule has 0 unspecified atom stereocenters. The smallest absolute Gasteiger partial charge is 0.140 e. The van der Waals surface area contributed by atoms with Crippen LogP contribution < -0.4 is 5.73 Å². The highest BCUT2D eigenvalue weighted by Gasteiger charge is 2.10. The van der Waals surface area contributed by atoms with Gasteiger partial charge in [-0.1, -0.05) is 12.1 Å². The van der Waals surface area contributed by atoms with Crippen molar-refractivity contribution in [2.24, 2.45) is 0 Å². The Morgan fingerprint density at radius 1 is 1.00 bits per heavy atom. The molecule has 3 heteroatoms. The highest BCUT2D eigenvalue weighted by atomic mass is 14.9. The molecule has 2 aromatic carbocycles. The molecule has 0 fully saturated rings. The lowest BCUT2D eigenvalue weighted by molar-refractivity contribution is 1.32. The second-order valence-corrected chi connectivity index (χ2v) is 5.08. The van der Waals surface area contributed by atoms with Gasteiger partial charge in [-0.3, -0.25) is 0 Å². The molecule has 0 aliphatic heterocycles. The van der Waals surface area contributed by atoms with Gasteiger partial charge in [0.1, 0.15) is 5.82 Å². The van der Waals surface area contributed by atoms with Crippen LogP contribution in [0, 0.1) is 20.8 Å². The summed E-state index contributed by atoms with van der Waals surface area (Å²) in [6, 6.07) is 10.3. The van der Waals surface area contributed by atoms with Crippen molar-refractivity contribution in [3.8, 4) is 11.4 Å². The molecule has 0 aliphatic rings. The zero-order valence-corrected chi connectivity index (χ0v) is 11.4. The van der Waals surface area contributed by atoms with Gasteiger partial charge in [-0.25, -0.2) is 4.98 Å². The van der Waals surface area contributed by atoms with E-state index >= 15 is 0 Å². The third-order valence-electron chi connectivity index (χ3n) is 3.68. The molecule has 3 nitrogen and oxygen atoms in total. The van der Waals surface area contributed by atoms with Crippen molar-refractivity contribution in [3.63, 3.8) is 0 Å². The van der Waals surface area contributed by atoms with E-state index in [1.165, 1.54) is 11.1 Å². The highest BCUT2D eigenvalue weighted by molar-refractivity contribution is 5.84. The van der Waals surface area contributed by atoms with Crippen molar-refractivity contribution in [2.45, 2.75) is 20.8 Å². The third-order valence-corrected chi connectivity index (χ3v) is 3.68. The van der Waals surface area contributed by atoms with Crippen LogP contribution in [0.2, 0.25) is 0 Å². The second-order valence-electron chi connectivity index (χ2n) is 5.08. The number of nitrogen functional groups attached to an aromatic ring is 1. The average Bonchev–Trinajstić information content (AvgIpc) is 2.76. The summed E-state index contributed by atoms with van der Waals surface area (Å²) in [5.74, 6) is 0.834. The zero-order valence-electron chi connectivity index (χ0n) is 11.4. The van der Waals surface area contributed by atoms with Crippen LogP contribution in [0.5, 0.6) is 0 Å². The topological polar surface area (TPSA) is 54.7 Å². The number of nitrogens with one attached hydrogen (secondary N) is 1. The molecule has 0 aliphatic carbocycles. The molecule has 0 radical (unpaired) electrons. The third kappa shape index (κ3) is 1.87. The number of rotatable bonds is 1. The predicted octanol–water partition coefficient (Wildman–Crippen LogP) is 3.74. The summed E-state index contributed by atoms with van der Waals surface area (Å²) in [5, 5.41) is 0. The number of imidazole rings is 1. The Morgan fingerprint density at radius 3 is 2.53 bits per heavy atom. The van der Waals surface area contributed by atoms with Crippen LogP contribution in [0.15, 0.2) is 30.3 Å². The molecule has 0 atom stereocenters. The first-order chi connectivity index (χ1) is 9.06. The van der Waals surface area contributed by atoms with Crippen LogP contribution in [0.1, 0.15) is 16.7 Å².